The summed E-state index contributed by atoms with van der Waals surface area (Å²) >= 11 is 7.59. The fraction of sp³-hybridized carbons (Fsp3) is 0.333. The molecular formula is C21H24ClFN2O2S. The molecule has 0 spiro atoms. The van der Waals surface area contributed by atoms with E-state index in [-0.39, 0.29) is 23.5 Å². The Hall–Kier alpha value is -2.05. The van der Waals surface area contributed by atoms with Gasteiger partial charge in [-0.05, 0) is 29.7 Å². The summed E-state index contributed by atoms with van der Waals surface area (Å²) in [7, 11) is 0. The maximum Gasteiger partial charge on any atom is 0.253 e. The van der Waals surface area contributed by atoms with E-state index in [0.717, 1.165) is 0 Å². The minimum absolute atomic E-state index is 0.0856. The topological polar surface area (TPSA) is 58.2 Å². The van der Waals surface area contributed by atoms with Crippen molar-refractivity contribution in [3.63, 3.8) is 0 Å². The van der Waals surface area contributed by atoms with Crippen LogP contribution in [0.2, 0.25) is 5.02 Å². The van der Waals surface area contributed by atoms with Crippen LogP contribution in [0.25, 0.3) is 0 Å². The van der Waals surface area contributed by atoms with Gasteiger partial charge in [0.25, 0.3) is 5.91 Å². The summed E-state index contributed by atoms with van der Waals surface area (Å²) in [5.74, 6) is 0.247. The maximum absolute atomic E-state index is 13.6. The first-order valence-electron chi connectivity index (χ1n) is 9.04. The normalized spacial score (nSPS) is 11.9. The number of hydrogen-bond acceptors (Lipinski definition) is 3. The average molecular weight is 423 g/mol. The number of carbonyl (C=O) groups is 2. The highest BCUT2D eigenvalue weighted by molar-refractivity contribution is 7.98. The zero-order valence-electron chi connectivity index (χ0n) is 15.9. The number of thioether (sulfide) groups is 1. The highest BCUT2D eigenvalue weighted by Crippen LogP contribution is 2.16. The minimum Gasteiger partial charge on any atom is -0.353 e. The first-order valence-corrected chi connectivity index (χ1v) is 10.6. The summed E-state index contributed by atoms with van der Waals surface area (Å²) < 4.78 is 13.6. The van der Waals surface area contributed by atoms with Crippen LogP contribution in [0.4, 0.5) is 4.39 Å². The Morgan fingerprint density at radius 2 is 1.79 bits per heavy atom. The Kier molecular flexibility index (Phi) is 8.80. The van der Waals surface area contributed by atoms with Crippen molar-refractivity contribution in [1.29, 1.82) is 0 Å². The summed E-state index contributed by atoms with van der Waals surface area (Å²) in [6.45, 7) is 4.16. The predicted molar refractivity (Wildman–Crippen MR) is 113 cm³/mol. The van der Waals surface area contributed by atoms with E-state index >= 15 is 0 Å². The van der Waals surface area contributed by atoms with Gasteiger partial charge in [-0.1, -0.05) is 55.8 Å². The van der Waals surface area contributed by atoms with Gasteiger partial charge >= 0.3 is 0 Å². The summed E-state index contributed by atoms with van der Waals surface area (Å²) in [5.41, 5.74) is 0.981. The lowest BCUT2D eigenvalue weighted by Gasteiger charge is -2.22. The van der Waals surface area contributed by atoms with Crippen LogP contribution in [0, 0.1) is 11.7 Å². The van der Waals surface area contributed by atoms with Crippen LogP contribution < -0.4 is 10.6 Å². The van der Waals surface area contributed by atoms with Gasteiger partial charge in [-0.3, -0.25) is 9.59 Å². The number of nitrogens with one attached hydrogen (secondary N) is 2. The molecule has 0 aromatic heterocycles. The Labute approximate surface area is 174 Å². The highest BCUT2D eigenvalue weighted by atomic mass is 35.5. The summed E-state index contributed by atoms with van der Waals surface area (Å²) in [5, 5.41) is 5.93. The molecule has 7 heteroatoms. The molecule has 1 atom stereocenters. The Balaban J connectivity index is 1.81. The van der Waals surface area contributed by atoms with Crippen LogP contribution in [-0.4, -0.2) is 30.2 Å². The van der Waals surface area contributed by atoms with Crippen LogP contribution in [0.5, 0.6) is 0 Å². The molecule has 0 bridgehead atoms. The second kappa shape index (κ2) is 11.1. The zero-order valence-corrected chi connectivity index (χ0v) is 17.4. The molecule has 4 nitrogen and oxygen atoms in total. The third-order valence-electron chi connectivity index (χ3n) is 4.12. The Morgan fingerprint density at radius 1 is 1.11 bits per heavy atom. The molecule has 2 aromatic rings. The van der Waals surface area contributed by atoms with Crippen LogP contribution in [0.3, 0.4) is 0 Å². The van der Waals surface area contributed by atoms with Crippen LogP contribution in [0.15, 0.2) is 48.5 Å². The molecule has 0 radical (unpaired) electrons. The monoisotopic (exact) mass is 422 g/mol. The van der Waals surface area contributed by atoms with Gasteiger partial charge in [0.2, 0.25) is 5.91 Å². The fourth-order valence-corrected chi connectivity index (χ4v) is 3.62. The number of benzene rings is 2. The van der Waals surface area contributed by atoms with Gasteiger partial charge in [0, 0.05) is 18.1 Å². The molecular weight excluding hydrogens is 399 g/mol. The van der Waals surface area contributed by atoms with E-state index in [2.05, 4.69) is 10.6 Å². The molecule has 28 heavy (non-hydrogen) atoms. The van der Waals surface area contributed by atoms with E-state index in [4.69, 9.17) is 11.6 Å². The highest BCUT2D eigenvalue weighted by Gasteiger charge is 2.25. The molecule has 0 heterocycles. The molecule has 2 rings (SSSR count). The van der Waals surface area contributed by atoms with Gasteiger partial charge in [0.05, 0.1) is 10.6 Å². The van der Waals surface area contributed by atoms with E-state index in [0.29, 0.717) is 34.2 Å². The van der Waals surface area contributed by atoms with Gasteiger partial charge < -0.3 is 10.6 Å². The Morgan fingerprint density at radius 3 is 2.46 bits per heavy atom. The molecule has 150 valence electrons. The lowest BCUT2D eigenvalue weighted by atomic mass is 10.0. The third kappa shape index (κ3) is 6.53. The fourth-order valence-electron chi connectivity index (χ4n) is 2.55. The lowest BCUT2D eigenvalue weighted by Crippen LogP contribution is -2.50. The van der Waals surface area contributed by atoms with E-state index in [1.54, 1.807) is 42.5 Å². The van der Waals surface area contributed by atoms with Crippen LogP contribution in [0.1, 0.15) is 29.8 Å². The van der Waals surface area contributed by atoms with Gasteiger partial charge in [0.15, 0.2) is 0 Å². The second-order valence-electron chi connectivity index (χ2n) is 6.61. The molecule has 2 amide bonds. The van der Waals surface area contributed by atoms with Gasteiger partial charge in [0.1, 0.15) is 11.9 Å². The second-order valence-corrected chi connectivity index (χ2v) is 8.12. The minimum atomic E-state index is -0.666. The first kappa shape index (κ1) is 22.2. The molecule has 0 fully saturated rings. The van der Waals surface area contributed by atoms with Crippen molar-refractivity contribution in [2.24, 2.45) is 5.92 Å². The van der Waals surface area contributed by atoms with Crippen molar-refractivity contribution in [2.45, 2.75) is 25.6 Å². The van der Waals surface area contributed by atoms with Crippen molar-refractivity contribution >= 4 is 35.2 Å². The smallest absolute Gasteiger partial charge is 0.253 e. The largest absolute Gasteiger partial charge is 0.353 e. The van der Waals surface area contributed by atoms with E-state index in [1.165, 1.54) is 17.8 Å². The van der Waals surface area contributed by atoms with Gasteiger partial charge in [-0.15, -0.1) is 0 Å². The SMILES string of the molecule is CC(C)C(NC(=O)c1ccccc1Cl)C(=O)NCCSCc1ccccc1F. The van der Waals surface area contributed by atoms with Gasteiger partial charge in [-0.25, -0.2) is 4.39 Å². The number of carbonyl (C=O) groups excluding carboxylic acids is 2. The number of hydrogen-bond donors (Lipinski definition) is 2. The predicted octanol–water partition coefficient (Wildman–Crippen LogP) is 4.28. The van der Waals surface area contributed by atoms with Crippen molar-refractivity contribution in [2.75, 3.05) is 12.3 Å². The van der Waals surface area contributed by atoms with Crippen LogP contribution in [-0.2, 0) is 10.5 Å². The standard InChI is InChI=1S/C21H24ClFN2O2S/c1-14(2)19(25-20(26)16-8-4-5-9-17(16)22)21(27)24-11-12-28-13-15-7-3-6-10-18(15)23/h3-10,14,19H,11-13H2,1-2H3,(H,24,27)(H,25,26). The Bertz CT molecular complexity index is 816. The van der Waals surface area contributed by atoms with Crippen molar-refractivity contribution in [3.8, 4) is 0 Å². The maximum atomic E-state index is 13.6. The number of amides is 2. The zero-order chi connectivity index (χ0) is 20.5. The summed E-state index contributed by atoms with van der Waals surface area (Å²) in [6.07, 6.45) is 0. The van der Waals surface area contributed by atoms with E-state index < -0.39 is 6.04 Å². The number of rotatable bonds is 9. The molecule has 0 aliphatic rings. The summed E-state index contributed by atoms with van der Waals surface area (Å²) in [6, 6.07) is 12.7. The molecule has 0 aliphatic carbocycles. The van der Waals surface area contributed by atoms with Gasteiger partial charge in [-0.2, -0.15) is 11.8 Å². The summed E-state index contributed by atoms with van der Waals surface area (Å²) in [4.78, 5) is 24.9. The molecule has 0 saturated carbocycles. The molecule has 0 aliphatic heterocycles. The lowest BCUT2D eigenvalue weighted by molar-refractivity contribution is -0.123. The average Bonchev–Trinajstić information content (AvgIpc) is 2.67. The van der Waals surface area contributed by atoms with E-state index in [9.17, 15) is 14.0 Å². The van der Waals surface area contributed by atoms with Crippen molar-refractivity contribution in [3.05, 3.63) is 70.5 Å². The van der Waals surface area contributed by atoms with Crippen molar-refractivity contribution < 1.29 is 14.0 Å². The molecule has 2 N–H and O–H groups in total. The van der Waals surface area contributed by atoms with Crippen LogP contribution >= 0.6 is 23.4 Å². The first-order chi connectivity index (χ1) is 13.4. The molecule has 1 unspecified atom stereocenters. The number of halogens is 2. The molecule has 2 aromatic carbocycles. The third-order valence-corrected chi connectivity index (χ3v) is 5.45. The quantitative estimate of drug-likeness (QED) is 0.593. The van der Waals surface area contributed by atoms with E-state index in [1.807, 2.05) is 13.8 Å². The molecule has 0 saturated heterocycles. The van der Waals surface area contributed by atoms with Crippen molar-refractivity contribution in [1.82, 2.24) is 10.6 Å².